The Labute approximate surface area is 125 Å². The van der Waals surface area contributed by atoms with Crippen LogP contribution in [0.3, 0.4) is 0 Å². The second-order valence-corrected chi connectivity index (χ2v) is 6.26. The summed E-state index contributed by atoms with van der Waals surface area (Å²) in [5, 5.41) is 5.31. The molecule has 0 saturated carbocycles. The Hall–Kier alpha value is -2.27. The first-order valence-corrected chi connectivity index (χ1v) is 7.58. The number of hydrogen-bond donors (Lipinski definition) is 2. The summed E-state index contributed by atoms with van der Waals surface area (Å²) in [5.41, 5.74) is 2.52. The average molecular weight is 296 g/mol. The van der Waals surface area contributed by atoms with E-state index in [1.165, 1.54) is 11.8 Å². The van der Waals surface area contributed by atoms with Crippen LogP contribution in [0.25, 0.3) is 0 Å². The van der Waals surface area contributed by atoms with E-state index >= 15 is 0 Å². The number of hydrogen-bond acceptors (Lipinski definition) is 3. The van der Waals surface area contributed by atoms with Crippen LogP contribution < -0.4 is 10.6 Å². The van der Waals surface area contributed by atoms with Crippen molar-refractivity contribution >= 4 is 35.0 Å². The molecule has 2 atom stereocenters. The van der Waals surface area contributed by atoms with Gasteiger partial charge in [-0.1, -0.05) is 30.3 Å². The van der Waals surface area contributed by atoms with E-state index in [1.54, 1.807) is 0 Å². The van der Waals surface area contributed by atoms with Gasteiger partial charge in [0.25, 0.3) is 0 Å². The summed E-state index contributed by atoms with van der Waals surface area (Å²) >= 11 is 1.46. The molecule has 0 aliphatic carbocycles. The molecule has 0 bridgehead atoms. The Kier molecular flexibility index (Phi) is 2.75. The van der Waals surface area contributed by atoms with Crippen molar-refractivity contribution in [2.24, 2.45) is 0 Å². The molecule has 2 aliphatic heterocycles. The third-order valence-corrected chi connectivity index (χ3v) is 5.15. The third-order valence-electron chi connectivity index (χ3n) is 3.80. The predicted octanol–water partition coefficient (Wildman–Crippen LogP) is 2.84. The molecular weight excluding hydrogens is 284 g/mol. The lowest BCUT2D eigenvalue weighted by Gasteiger charge is -2.27. The number of amides is 2. The molecule has 0 unspecified atom stereocenters. The average Bonchev–Trinajstić information content (AvgIpc) is 2.82. The highest BCUT2D eigenvalue weighted by molar-refractivity contribution is 8.01. The molecule has 2 amide bonds. The van der Waals surface area contributed by atoms with Crippen LogP contribution in [0.1, 0.15) is 11.5 Å². The standard InChI is InChI=1S/C16H12N2O2S/c19-15-13(9-5-1-2-6-10(9)17-15)14-16(20)18-11-7-3-4-8-12(11)21-14/h1-8,13-14H,(H,17,19)(H,18,20)/t13-,14+/m1/s1. The highest BCUT2D eigenvalue weighted by atomic mass is 32.2. The first-order chi connectivity index (χ1) is 10.2. The quantitative estimate of drug-likeness (QED) is 0.850. The summed E-state index contributed by atoms with van der Waals surface area (Å²) in [5.74, 6) is -0.668. The summed E-state index contributed by atoms with van der Waals surface area (Å²) in [6.07, 6.45) is 0. The Morgan fingerprint density at radius 1 is 0.810 bits per heavy atom. The summed E-state index contributed by atoms with van der Waals surface area (Å²) in [6, 6.07) is 15.2. The van der Waals surface area contributed by atoms with Crippen LogP contribution in [0.5, 0.6) is 0 Å². The zero-order valence-corrected chi connectivity index (χ0v) is 11.8. The van der Waals surface area contributed by atoms with Gasteiger partial charge in [-0.3, -0.25) is 9.59 Å². The van der Waals surface area contributed by atoms with Gasteiger partial charge in [-0.2, -0.15) is 0 Å². The minimum Gasteiger partial charge on any atom is -0.325 e. The summed E-state index contributed by atoms with van der Waals surface area (Å²) in [7, 11) is 0. The number of thioether (sulfide) groups is 1. The molecule has 0 aromatic heterocycles. The Morgan fingerprint density at radius 3 is 2.33 bits per heavy atom. The summed E-state index contributed by atoms with van der Waals surface area (Å²) < 4.78 is 0. The van der Waals surface area contributed by atoms with Crippen molar-refractivity contribution in [3.8, 4) is 0 Å². The summed E-state index contributed by atoms with van der Waals surface area (Å²) in [6.45, 7) is 0. The van der Waals surface area contributed by atoms with E-state index in [4.69, 9.17) is 0 Å². The molecule has 4 rings (SSSR count). The van der Waals surface area contributed by atoms with Crippen molar-refractivity contribution in [1.29, 1.82) is 0 Å². The van der Waals surface area contributed by atoms with Crippen molar-refractivity contribution in [1.82, 2.24) is 0 Å². The number of carbonyl (C=O) groups excluding carboxylic acids is 2. The number of para-hydroxylation sites is 2. The minimum absolute atomic E-state index is 0.108. The fourth-order valence-corrected chi connectivity index (χ4v) is 4.07. The highest BCUT2D eigenvalue weighted by Crippen LogP contribution is 2.45. The molecule has 0 saturated heterocycles. The molecular formula is C16H12N2O2S. The van der Waals surface area contributed by atoms with E-state index < -0.39 is 11.2 Å². The molecule has 2 aromatic carbocycles. The second kappa shape index (κ2) is 4.63. The molecule has 2 aliphatic rings. The first kappa shape index (κ1) is 12.5. The van der Waals surface area contributed by atoms with Gasteiger partial charge in [-0.05, 0) is 23.8 Å². The van der Waals surface area contributed by atoms with Gasteiger partial charge in [0, 0.05) is 10.6 Å². The zero-order chi connectivity index (χ0) is 14.4. The zero-order valence-electron chi connectivity index (χ0n) is 11.0. The van der Waals surface area contributed by atoms with E-state index in [2.05, 4.69) is 10.6 Å². The van der Waals surface area contributed by atoms with Crippen LogP contribution in [0.2, 0.25) is 0 Å². The van der Waals surface area contributed by atoms with Crippen LogP contribution in [-0.2, 0) is 9.59 Å². The van der Waals surface area contributed by atoms with Crippen molar-refractivity contribution in [2.45, 2.75) is 16.1 Å². The van der Waals surface area contributed by atoms with Gasteiger partial charge in [0.15, 0.2) is 0 Å². The number of fused-ring (bicyclic) bond motifs is 2. The van der Waals surface area contributed by atoms with Crippen LogP contribution in [0, 0.1) is 0 Å². The Balaban J connectivity index is 1.75. The number of rotatable bonds is 1. The third kappa shape index (κ3) is 1.93. The van der Waals surface area contributed by atoms with Crippen molar-refractivity contribution < 1.29 is 9.59 Å². The van der Waals surface area contributed by atoms with E-state index in [-0.39, 0.29) is 11.8 Å². The SMILES string of the molecule is O=C1Nc2ccccc2S[C@H]1[C@@H]1C(=O)Nc2ccccc21. The fourth-order valence-electron chi connectivity index (χ4n) is 2.82. The van der Waals surface area contributed by atoms with Gasteiger partial charge in [-0.25, -0.2) is 0 Å². The molecule has 0 radical (unpaired) electrons. The molecule has 4 nitrogen and oxygen atoms in total. The van der Waals surface area contributed by atoms with Crippen LogP contribution in [-0.4, -0.2) is 17.1 Å². The van der Waals surface area contributed by atoms with Crippen LogP contribution >= 0.6 is 11.8 Å². The topological polar surface area (TPSA) is 58.2 Å². The van der Waals surface area contributed by atoms with E-state index in [0.717, 1.165) is 21.8 Å². The van der Waals surface area contributed by atoms with E-state index in [0.29, 0.717) is 0 Å². The molecule has 0 fully saturated rings. The lowest BCUT2D eigenvalue weighted by Crippen LogP contribution is -2.36. The normalized spacial score (nSPS) is 23.0. The number of anilines is 2. The molecule has 0 spiro atoms. The lowest BCUT2D eigenvalue weighted by molar-refractivity contribution is -0.121. The molecule has 2 N–H and O–H groups in total. The molecule has 2 aromatic rings. The van der Waals surface area contributed by atoms with E-state index in [1.807, 2.05) is 48.5 Å². The van der Waals surface area contributed by atoms with Gasteiger partial charge >= 0.3 is 0 Å². The molecule has 5 heteroatoms. The van der Waals surface area contributed by atoms with Crippen molar-refractivity contribution in [2.75, 3.05) is 10.6 Å². The van der Waals surface area contributed by atoms with Crippen LogP contribution in [0.15, 0.2) is 53.4 Å². The summed E-state index contributed by atoms with van der Waals surface area (Å²) in [4.78, 5) is 25.7. The van der Waals surface area contributed by atoms with Gasteiger partial charge in [0.2, 0.25) is 11.8 Å². The number of nitrogens with one attached hydrogen (secondary N) is 2. The van der Waals surface area contributed by atoms with Crippen molar-refractivity contribution in [3.05, 3.63) is 54.1 Å². The maximum absolute atomic E-state index is 12.4. The van der Waals surface area contributed by atoms with Gasteiger partial charge in [0.1, 0.15) is 5.25 Å². The van der Waals surface area contributed by atoms with Crippen LogP contribution in [0.4, 0.5) is 11.4 Å². The highest BCUT2D eigenvalue weighted by Gasteiger charge is 2.42. The number of benzene rings is 2. The molecule has 21 heavy (non-hydrogen) atoms. The van der Waals surface area contributed by atoms with Gasteiger partial charge in [-0.15, -0.1) is 11.8 Å². The molecule has 104 valence electrons. The Bertz CT molecular complexity index is 759. The predicted molar refractivity (Wildman–Crippen MR) is 82.5 cm³/mol. The monoisotopic (exact) mass is 296 g/mol. The van der Waals surface area contributed by atoms with Gasteiger partial charge in [0.05, 0.1) is 11.6 Å². The molecule has 2 heterocycles. The maximum atomic E-state index is 12.4. The largest absolute Gasteiger partial charge is 0.325 e. The lowest BCUT2D eigenvalue weighted by atomic mass is 9.96. The second-order valence-electron chi connectivity index (χ2n) is 5.08. The smallest absolute Gasteiger partial charge is 0.239 e. The van der Waals surface area contributed by atoms with Crippen molar-refractivity contribution in [3.63, 3.8) is 0 Å². The fraction of sp³-hybridized carbons (Fsp3) is 0.125. The van der Waals surface area contributed by atoms with Gasteiger partial charge < -0.3 is 10.6 Å². The Morgan fingerprint density at radius 2 is 1.48 bits per heavy atom. The minimum atomic E-state index is -0.445. The maximum Gasteiger partial charge on any atom is 0.239 e. The van der Waals surface area contributed by atoms with E-state index in [9.17, 15) is 9.59 Å². The number of carbonyl (C=O) groups is 2. The first-order valence-electron chi connectivity index (χ1n) is 6.70.